The van der Waals surface area contributed by atoms with Gasteiger partial charge in [-0.1, -0.05) is 13.8 Å². The number of hydrogen-bond acceptors (Lipinski definition) is 2. The van der Waals surface area contributed by atoms with E-state index in [1.54, 1.807) is 0 Å². The second-order valence-corrected chi connectivity index (χ2v) is 3.98. The Hall–Kier alpha value is -0.860. The van der Waals surface area contributed by atoms with Crippen LogP contribution < -0.4 is 0 Å². The van der Waals surface area contributed by atoms with Crippen LogP contribution in [-0.2, 0) is 9.59 Å². The van der Waals surface area contributed by atoms with Crippen LogP contribution in [0, 0.1) is 5.92 Å². The first kappa shape index (κ1) is 10.2. The molecule has 1 aliphatic rings. The first-order valence-corrected chi connectivity index (χ1v) is 4.94. The van der Waals surface area contributed by atoms with Gasteiger partial charge in [-0.05, 0) is 18.8 Å². The van der Waals surface area contributed by atoms with Crippen molar-refractivity contribution in [1.29, 1.82) is 0 Å². The molecule has 0 spiro atoms. The number of piperidine rings is 1. The Morgan fingerprint density at radius 1 is 1.23 bits per heavy atom. The van der Waals surface area contributed by atoms with Gasteiger partial charge >= 0.3 is 0 Å². The molecule has 1 heterocycles. The fraction of sp³-hybridized carbons (Fsp3) is 0.800. The summed E-state index contributed by atoms with van der Waals surface area (Å²) in [5, 5.41) is 0. The lowest BCUT2D eigenvalue weighted by atomic mass is 10.1. The Kier molecular flexibility index (Phi) is 3.46. The topological polar surface area (TPSA) is 37.4 Å². The molecule has 0 unspecified atom stereocenters. The third-order valence-corrected chi connectivity index (χ3v) is 2.31. The number of likely N-dealkylation sites (tertiary alicyclic amines) is 1. The predicted molar refractivity (Wildman–Crippen MR) is 50.0 cm³/mol. The van der Waals surface area contributed by atoms with Crippen molar-refractivity contribution in [2.75, 3.05) is 6.54 Å². The van der Waals surface area contributed by atoms with Crippen molar-refractivity contribution in [3.63, 3.8) is 0 Å². The van der Waals surface area contributed by atoms with Crippen molar-refractivity contribution < 1.29 is 9.59 Å². The molecule has 0 aromatic carbocycles. The Morgan fingerprint density at radius 3 is 2.23 bits per heavy atom. The van der Waals surface area contributed by atoms with E-state index in [4.69, 9.17) is 0 Å². The van der Waals surface area contributed by atoms with E-state index in [-0.39, 0.29) is 11.8 Å². The fourth-order valence-corrected chi connectivity index (χ4v) is 1.44. The van der Waals surface area contributed by atoms with Gasteiger partial charge in [-0.3, -0.25) is 14.5 Å². The molecule has 74 valence electrons. The van der Waals surface area contributed by atoms with Crippen molar-refractivity contribution in [3.8, 4) is 0 Å². The molecule has 1 fully saturated rings. The lowest BCUT2D eigenvalue weighted by Gasteiger charge is -2.25. The van der Waals surface area contributed by atoms with Crippen LogP contribution in [0.25, 0.3) is 0 Å². The molecule has 13 heavy (non-hydrogen) atoms. The van der Waals surface area contributed by atoms with Crippen LogP contribution in [0.5, 0.6) is 0 Å². The molecular weight excluding hydrogens is 166 g/mol. The van der Waals surface area contributed by atoms with Crippen molar-refractivity contribution >= 4 is 11.8 Å². The molecule has 0 atom stereocenters. The maximum absolute atomic E-state index is 11.3. The Morgan fingerprint density at radius 2 is 1.77 bits per heavy atom. The van der Waals surface area contributed by atoms with E-state index < -0.39 is 0 Å². The smallest absolute Gasteiger partial charge is 0.229 e. The number of nitrogens with zero attached hydrogens (tertiary/aromatic N) is 1. The number of amides is 2. The van der Waals surface area contributed by atoms with Gasteiger partial charge in [0.15, 0.2) is 0 Å². The van der Waals surface area contributed by atoms with E-state index in [1.807, 2.05) is 0 Å². The van der Waals surface area contributed by atoms with E-state index in [0.717, 1.165) is 12.8 Å². The quantitative estimate of drug-likeness (QED) is 0.623. The highest BCUT2D eigenvalue weighted by atomic mass is 16.2. The third kappa shape index (κ3) is 2.83. The van der Waals surface area contributed by atoms with E-state index >= 15 is 0 Å². The molecule has 1 rings (SSSR count). The zero-order chi connectivity index (χ0) is 9.84. The number of carbonyl (C=O) groups is 2. The van der Waals surface area contributed by atoms with Gasteiger partial charge in [0, 0.05) is 19.4 Å². The van der Waals surface area contributed by atoms with Crippen molar-refractivity contribution in [2.24, 2.45) is 5.92 Å². The normalized spacial score (nSPS) is 18.5. The van der Waals surface area contributed by atoms with Gasteiger partial charge in [0.2, 0.25) is 11.8 Å². The van der Waals surface area contributed by atoms with Gasteiger partial charge in [-0.2, -0.15) is 0 Å². The predicted octanol–water partition coefficient (Wildman–Crippen LogP) is 1.57. The Balaban J connectivity index is 2.44. The van der Waals surface area contributed by atoms with Crippen LogP contribution in [0.2, 0.25) is 0 Å². The highest BCUT2D eigenvalue weighted by Gasteiger charge is 2.25. The van der Waals surface area contributed by atoms with E-state index in [0.29, 0.717) is 25.3 Å². The molecule has 0 N–H and O–H groups in total. The summed E-state index contributed by atoms with van der Waals surface area (Å²) in [6.07, 6.45) is 2.74. The molecular formula is C10H17NO2. The Bertz CT molecular complexity index is 195. The summed E-state index contributed by atoms with van der Waals surface area (Å²) in [6.45, 7) is 4.80. The molecule has 3 heteroatoms. The van der Waals surface area contributed by atoms with Crippen LogP contribution in [0.1, 0.15) is 39.5 Å². The monoisotopic (exact) mass is 183 g/mol. The van der Waals surface area contributed by atoms with E-state index in [9.17, 15) is 9.59 Å². The van der Waals surface area contributed by atoms with Gasteiger partial charge in [-0.25, -0.2) is 0 Å². The summed E-state index contributed by atoms with van der Waals surface area (Å²) < 4.78 is 0. The number of carbonyl (C=O) groups excluding carboxylic acids is 2. The summed E-state index contributed by atoms with van der Waals surface area (Å²) in [4.78, 5) is 24.1. The van der Waals surface area contributed by atoms with Crippen LogP contribution >= 0.6 is 0 Å². The lowest BCUT2D eigenvalue weighted by molar-refractivity contribution is -0.148. The van der Waals surface area contributed by atoms with Gasteiger partial charge in [0.05, 0.1) is 0 Å². The highest BCUT2D eigenvalue weighted by molar-refractivity contribution is 5.97. The summed E-state index contributed by atoms with van der Waals surface area (Å²) in [5.41, 5.74) is 0. The molecule has 2 amide bonds. The molecule has 0 aliphatic carbocycles. The SMILES string of the molecule is CC(C)CCN1C(=O)CCCC1=O. The molecule has 0 saturated carbocycles. The average molecular weight is 183 g/mol. The maximum Gasteiger partial charge on any atom is 0.229 e. The van der Waals surface area contributed by atoms with Gasteiger partial charge in [0.25, 0.3) is 0 Å². The van der Waals surface area contributed by atoms with Crippen molar-refractivity contribution in [3.05, 3.63) is 0 Å². The number of hydrogen-bond donors (Lipinski definition) is 0. The molecule has 0 aromatic heterocycles. The molecule has 3 nitrogen and oxygen atoms in total. The summed E-state index contributed by atoms with van der Waals surface area (Å²) >= 11 is 0. The van der Waals surface area contributed by atoms with Crippen LogP contribution in [0.3, 0.4) is 0 Å². The zero-order valence-corrected chi connectivity index (χ0v) is 8.38. The minimum absolute atomic E-state index is 0.0110. The number of imide groups is 1. The molecule has 0 aromatic rings. The van der Waals surface area contributed by atoms with Gasteiger partial charge in [-0.15, -0.1) is 0 Å². The Labute approximate surface area is 79.1 Å². The van der Waals surface area contributed by atoms with E-state index in [2.05, 4.69) is 13.8 Å². The summed E-state index contributed by atoms with van der Waals surface area (Å²) in [6, 6.07) is 0. The highest BCUT2D eigenvalue weighted by Crippen LogP contribution is 2.13. The van der Waals surface area contributed by atoms with Gasteiger partial charge in [0.1, 0.15) is 0 Å². The minimum atomic E-state index is 0.0110. The first-order valence-electron chi connectivity index (χ1n) is 4.94. The van der Waals surface area contributed by atoms with E-state index in [1.165, 1.54) is 4.90 Å². The maximum atomic E-state index is 11.3. The second kappa shape index (κ2) is 4.40. The molecule has 1 saturated heterocycles. The lowest BCUT2D eigenvalue weighted by Crippen LogP contribution is -2.40. The molecule has 0 radical (unpaired) electrons. The molecule has 0 bridgehead atoms. The van der Waals surface area contributed by atoms with Crippen molar-refractivity contribution in [1.82, 2.24) is 4.90 Å². The third-order valence-electron chi connectivity index (χ3n) is 2.31. The zero-order valence-electron chi connectivity index (χ0n) is 8.38. The number of rotatable bonds is 3. The van der Waals surface area contributed by atoms with Crippen LogP contribution in [0.4, 0.5) is 0 Å². The van der Waals surface area contributed by atoms with Crippen molar-refractivity contribution in [2.45, 2.75) is 39.5 Å². The van der Waals surface area contributed by atoms with Gasteiger partial charge < -0.3 is 0 Å². The minimum Gasteiger partial charge on any atom is -0.283 e. The first-order chi connectivity index (χ1) is 6.11. The standard InChI is InChI=1S/C10H17NO2/c1-8(2)6-7-11-9(12)4-3-5-10(11)13/h8H,3-7H2,1-2H3. The second-order valence-electron chi connectivity index (χ2n) is 3.98. The summed E-state index contributed by atoms with van der Waals surface area (Å²) in [7, 11) is 0. The largest absolute Gasteiger partial charge is 0.283 e. The molecule has 1 aliphatic heterocycles. The van der Waals surface area contributed by atoms with Crippen LogP contribution in [-0.4, -0.2) is 23.3 Å². The fourth-order valence-electron chi connectivity index (χ4n) is 1.44. The average Bonchev–Trinajstić information content (AvgIpc) is 2.03. The van der Waals surface area contributed by atoms with Crippen LogP contribution in [0.15, 0.2) is 0 Å². The summed E-state index contributed by atoms with van der Waals surface area (Å²) in [5.74, 6) is 0.566.